The molecular formula is C19H15N6O4+. The Morgan fingerprint density at radius 2 is 1.24 bits per heavy atom. The van der Waals surface area contributed by atoms with Crippen LogP contribution in [0.25, 0.3) is 0 Å². The molecule has 29 heavy (non-hydrogen) atoms. The van der Waals surface area contributed by atoms with Crippen molar-refractivity contribution in [2.45, 2.75) is 0 Å². The van der Waals surface area contributed by atoms with Gasteiger partial charge in [-0.1, -0.05) is 23.3 Å². The fourth-order valence-corrected chi connectivity index (χ4v) is 2.89. The standard InChI is InChI=1S/C19H14N6O4/c26-24(27)17-10-6-15(7-11-17)22-20-19(14-4-2-1-3-5-14)21-23(22)16-8-12-18(13-9-16)25(28)29/h1-13H,(H,20,21)/p+1. The molecule has 0 aromatic heterocycles. The zero-order valence-corrected chi connectivity index (χ0v) is 15.0. The molecule has 3 aromatic rings. The highest BCUT2D eigenvalue weighted by atomic mass is 16.6. The smallest absolute Gasteiger partial charge is 0.258 e. The topological polar surface area (TPSA) is 122 Å². The number of rotatable bonds is 5. The monoisotopic (exact) mass is 391 g/mol. The number of benzene rings is 3. The van der Waals surface area contributed by atoms with E-state index in [9.17, 15) is 20.2 Å². The van der Waals surface area contributed by atoms with E-state index in [-0.39, 0.29) is 11.4 Å². The highest BCUT2D eigenvalue weighted by molar-refractivity contribution is 5.93. The van der Waals surface area contributed by atoms with Crippen molar-refractivity contribution in [3.63, 3.8) is 0 Å². The van der Waals surface area contributed by atoms with Gasteiger partial charge in [-0.15, -0.1) is 10.2 Å². The number of nitro groups is 2. The fourth-order valence-electron chi connectivity index (χ4n) is 2.89. The van der Waals surface area contributed by atoms with Gasteiger partial charge in [-0.2, -0.15) is 5.43 Å². The van der Waals surface area contributed by atoms with Crippen LogP contribution in [0.4, 0.5) is 22.7 Å². The molecule has 0 unspecified atom stereocenters. The van der Waals surface area contributed by atoms with Gasteiger partial charge in [0, 0.05) is 24.3 Å². The molecule has 1 heterocycles. The number of non-ortho nitro benzene ring substituents is 2. The van der Waals surface area contributed by atoms with Crippen LogP contribution in [0.5, 0.6) is 0 Å². The first-order chi connectivity index (χ1) is 14.0. The van der Waals surface area contributed by atoms with Crippen molar-refractivity contribution in [3.8, 4) is 0 Å². The molecule has 0 bridgehead atoms. The van der Waals surface area contributed by atoms with E-state index in [0.29, 0.717) is 17.2 Å². The van der Waals surface area contributed by atoms with E-state index in [1.165, 1.54) is 24.3 Å². The van der Waals surface area contributed by atoms with Crippen LogP contribution in [0.1, 0.15) is 5.56 Å². The number of nitrogens with two attached hydrogens (primary N) is 1. The second-order valence-corrected chi connectivity index (χ2v) is 6.16. The molecule has 3 aromatic carbocycles. The highest BCUT2D eigenvalue weighted by Crippen LogP contribution is 2.26. The summed E-state index contributed by atoms with van der Waals surface area (Å²) in [6.45, 7) is 0. The predicted molar refractivity (Wildman–Crippen MR) is 106 cm³/mol. The van der Waals surface area contributed by atoms with Crippen molar-refractivity contribution < 1.29 is 15.3 Å². The number of anilines is 2. The number of amidine groups is 1. The lowest BCUT2D eigenvalue weighted by atomic mass is 10.2. The number of hydrogen-bond acceptors (Lipinski definition) is 7. The van der Waals surface area contributed by atoms with Crippen LogP contribution in [0, 0.1) is 20.2 Å². The maximum absolute atomic E-state index is 10.9. The molecule has 2 N–H and O–H groups in total. The van der Waals surface area contributed by atoms with Gasteiger partial charge in [0.25, 0.3) is 17.2 Å². The molecule has 0 atom stereocenters. The molecular weight excluding hydrogens is 376 g/mol. The lowest BCUT2D eigenvalue weighted by Gasteiger charge is -2.23. The van der Waals surface area contributed by atoms with E-state index < -0.39 is 9.85 Å². The van der Waals surface area contributed by atoms with Gasteiger partial charge in [0.2, 0.25) is 0 Å². The molecule has 0 radical (unpaired) electrons. The van der Waals surface area contributed by atoms with Crippen LogP contribution in [-0.4, -0.2) is 15.7 Å². The van der Waals surface area contributed by atoms with Crippen LogP contribution >= 0.6 is 0 Å². The minimum Gasteiger partial charge on any atom is -0.258 e. The van der Waals surface area contributed by atoms with Crippen LogP contribution in [0.3, 0.4) is 0 Å². The summed E-state index contributed by atoms with van der Waals surface area (Å²) in [5.74, 6) is 0.683. The van der Waals surface area contributed by atoms with Crippen LogP contribution < -0.4 is 15.7 Å². The maximum Gasteiger partial charge on any atom is 0.277 e. The summed E-state index contributed by atoms with van der Waals surface area (Å²) in [4.78, 5) is 20.9. The minimum atomic E-state index is -0.466. The maximum atomic E-state index is 10.9. The molecule has 144 valence electrons. The predicted octanol–water partition coefficient (Wildman–Crippen LogP) is 2.58. The van der Waals surface area contributed by atoms with Crippen LogP contribution in [-0.2, 0) is 0 Å². The molecule has 0 saturated carbocycles. The van der Waals surface area contributed by atoms with Gasteiger partial charge in [0.15, 0.2) is 0 Å². The Labute approximate surface area is 164 Å². The average Bonchev–Trinajstić information content (AvgIpc) is 3.20. The SMILES string of the molecule is O=[N+]([O-])c1ccc(N2N=C(c3ccccc3)[NH2+]N2c2ccc([N+](=O)[O-])cc2)cc1. The van der Waals surface area contributed by atoms with E-state index >= 15 is 0 Å². The largest absolute Gasteiger partial charge is 0.277 e. The lowest BCUT2D eigenvalue weighted by Crippen LogP contribution is -2.96. The third kappa shape index (κ3) is 3.59. The summed E-state index contributed by atoms with van der Waals surface area (Å²) < 4.78 is 0. The van der Waals surface area contributed by atoms with E-state index in [1.54, 1.807) is 39.9 Å². The Balaban J connectivity index is 1.72. The summed E-state index contributed by atoms with van der Waals surface area (Å²) in [6, 6.07) is 21.6. The Bertz CT molecular complexity index is 1080. The molecule has 0 spiro atoms. The number of nitrogens with zero attached hydrogens (tertiary/aromatic N) is 5. The van der Waals surface area contributed by atoms with Crippen molar-refractivity contribution in [2.24, 2.45) is 5.10 Å². The van der Waals surface area contributed by atoms with E-state index in [0.717, 1.165) is 5.56 Å². The number of hydrogen-bond donors (Lipinski definition) is 1. The molecule has 4 rings (SSSR count). The van der Waals surface area contributed by atoms with Crippen molar-refractivity contribution in [2.75, 3.05) is 10.2 Å². The molecule has 10 nitrogen and oxygen atoms in total. The van der Waals surface area contributed by atoms with Gasteiger partial charge in [0.1, 0.15) is 5.69 Å². The van der Waals surface area contributed by atoms with Crippen molar-refractivity contribution >= 4 is 28.6 Å². The zero-order chi connectivity index (χ0) is 20.4. The molecule has 0 fully saturated rings. The fraction of sp³-hybridized carbons (Fsp3) is 0. The minimum absolute atomic E-state index is 0.0148. The highest BCUT2D eigenvalue weighted by Gasteiger charge is 2.31. The van der Waals surface area contributed by atoms with Gasteiger partial charge in [-0.25, -0.2) is 0 Å². The van der Waals surface area contributed by atoms with Crippen molar-refractivity contribution in [1.82, 2.24) is 0 Å². The van der Waals surface area contributed by atoms with Crippen LogP contribution in [0.2, 0.25) is 0 Å². The summed E-state index contributed by atoms with van der Waals surface area (Å²) in [5, 5.41) is 29.8. The first-order valence-electron chi connectivity index (χ1n) is 8.60. The van der Waals surface area contributed by atoms with E-state index in [1.807, 2.05) is 30.3 Å². The molecule has 0 amide bonds. The summed E-state index contributed by atoms with van der Waals surface area (Å²) in [6.07, 6.45) is 0. The first kappa shape index (κ1) is 18.1. The Morgan fingerprint density at radius 1 is 0.724 bits per heavy atom. The zero-order valence-electron chi connectivity index (χ0n) is 15.0. The molecule has 1 aliphatic rings. The Hall–Kier alpha value is -4.31. The number of quaternary nitrogens is 1. The van der Waals surface area contributed by atoms with Gasteiger partial charge in [-0.3, -0.25) is 20.2 Å². The van der Waals surface area contributed by atoms with E-state index in [2.05, 4.69) is 5.10 Å². The third-order valence-electron chi connectivity index (χ3n) is 4.34. The normalized spacial score (nSPS) is 13.3. The number of hydrazone groups is 1. The van der Waals surface area contributed by atoms with E-state index in [4.69, 9.17) is 0 Å². The number of nitro benzene ring substituents is 2. The van der Waals surface area contributed by atoms with Gasteiger partial charge >= 0.3 is 0 Å². The summed E-state index contributed by atoms with van der Waals surface area (Å²) in [7, 11) is 0. The first-order valence-corrected chi connectivity index (χ1v) is 8.60. The average molecular weight is 391 g/mol. The molecule has 1 aliphatic heterocycles. The number of hydrazine groups is 1. The lowest BCUT2D eigenvalue weighted by molar-refractivity contribution is -0.545. The summed E-state index contributed by atoms with van der Waals surface area (Å²) in [5.41, 5.74) is 3.92. The van der Waals surface area contributed by atoms with Gasteiger partial charge < -0.3 is 0 Å². The van der Waals surface area contributed by atoms with Crippen molar-refractivity contribution in [3.05, 3.63) is 105 Å². The molecule has 0 saturated heterocycles. The summed E-state index contributed by atoms with van der Waals surface area (Å²) >= 11 is 0. The second kappa shape index (κ2) is 7.37. The second-order valence-electron chi connectivity index (χ2n) is 6.16. The quantitative estimate of drug-likeness (QED) is 0.405. The third-order valence-corrected chi connectivity index (χ3v) is 4.34. The Morgan fingerprint density at radius 3 is 1.76 bits per heavy atom. The molecule has 10 heteroatoms. The van der Waals surface area contributed by atoms with Gasteiger partial charge in [0.05, 0.1) is 21.1 Å². The Kier molecular flexibility index (Phi) is 4.59. The van der Waals surface area contributed by atoms with Gasteiger partial charge in [-0.05, 0) is 36.4 Å². The molecule has 0 aliphatic carbocycles. The van der Waals surface area contributed by atoms with Crippen LogP contribution in [0.15, 0.2) is 84.0 Å². The van der Waals surface area contributed by atoms with Crippen molar-refractivity contribution in [1.29, 1.82) is 0 Å².